The molecule has 4 heteroatoms. The predicted octanol–water partition coefficient (Wildman–Crippen LogP) is 2.28. The maximum atomic E-state index is 4.41. The standard InChI is InChI=1S/C14H20N4/c1-10-17-13-3-2-12(8-14(13)18-10)16-9-11-4-6-15-7-5-11/h2-3,8,11,15-16H,4-7,9H2,1H3,(H,17,18). The van der Waals surface area contributed by atoms with Crippen LogP contribution >= 0.6 is 0 Å². The zero-order chi connectivity index (χ0) is 12.4. The lowest BCUT2D eigenvalue weighted by Crippen LogP contribution is -2.31. The highest BCUT2D eigenvalue weighted by atomic mass is 14.9. The van der Waals surface area contributed by atoms with E-state index in [0.717, 1.165) is 42.4 Å². The van der Waals surface area contributed by atoms with Crippen molar-refractivity contribution in [2.75, 3.05) is 25.0 Å². The molecule has 3 rings (SSSR count). The van der Waals surface area contributed by atoms with Crippen molar-refractivity contribution in [1.82, 2.24) is 15.3 Å². The van der Waals surface area contributed by atoms with E-state index in [0.29, 0.717) is 0 Å². The molecule has 0 spiro atoms. The zero-order valence-electron chi connectivity index (χ0n) is 10.8. The third kappa shape index (κ3) is 2.48. The number of benzene rings is 1. The average Bonchev–Trinajstić information content (AvgIpc) is 2.77. The topological polar surface area (TPSA) is 52.7 Å². The summed E-state index contributed by atoms with van der Waals surface area (Å²) in [5.41, 5.74) is 3.34. The Hall–Kier alpha value is -1.55. The molecule has 2 aromatic rings. The van der Waals surface area contributed by atoms with Crippen LogP contribution in [0.2, 0.25) is 0 Å². The molecule has 0 radical (unpaired) electrons. The Balaban J connectivity index is 1.66. The maximum absolute atomic E-state index is 4.41. The largest absolute Gasteiger partial charge is 0.385 e. The summed E-state index contributed by atoms with van der Waals surface area (Å²) in [6.45, 7) is 5.37. The molecule has 0 unspecified atom stereocenters. The molecule has 1 saturated heterocycles. The molecule has 0 aliphatic carbocycles. The first-order chi connectivity index (χ1) is 8.81. The van der Waals surface area contributed by atoms with E-state index in [1.165, 1.54) is 18.5 Å². The van der Waals surface area contributed by atoms with Gasteiger partial charge in [-0.3, -0.25) is 0 Å². The first kappa shape index (κ1) is 11.5. The molecule has 2 heterocycles. The van der Waals surface area contributed by atoms with E-state index in [1.54, 1.807) is 0 Å². The highest BCUT2D eigenvalue weighted by molar-refractivity contribution is 5.79. The minimum Gasteiger partial charge on any atom is -0.385 e. The number of nitrogens with one attached hydrogen (secondary N) is 3. The fourth-order valence-electron chi connectivity index (χ4n) is 2.60. The van der Waals surface area contributed by atoms with Crippen molar-refractivity contribution in [3.63, 3.8) is 0 Å². The van der Waals surface area contributed by atoms with Crippen molar-refractivity contribution in [1.29, 1.82) is 0 Å². The van der Waals surface area contributed by atoms with Gasteiger partial charge in [0.1, 0.15) is 5.82 Å². The lowest BCUT2D eigenvalue weighted by atomic mass is 9.98. The molecule has 18 heavy (non-hydrogen) atoms. The van der Waals surface area contributed by atoms with Crippen LogP contribution < -0.4 is 10.6 Å². The van der Waals surface area contributed by atoms with Crippen LogP contribution in [0.25, 0.3) is 11.0 Å². The van der Waals surface area contributed by atoms with E-state index in [9.17, 15) is 0 Å². The van der Waals surface area contributed by atoms with Crippen molar-refractivity contribution < 1.29 is 0 Å². The van der Waals surface area contributed by atoms with Crippen LogP contribution in [0.4, 0.5) is 5.69 Å². The van der Waals surface area contributed by atoms with Crippen molar-refractivity contribution in [3.05, 3.63) is 24.0 Å². The molecule has 0 bridgehead atoms. The molecule has 0 atom stereocenters. The fourth-order valence-corrected chi connectivity index (χ4v) is 2.60. The number of aryl methyl sites for hydroxylation is 1. The summed E-state index contributed by atoms with van der Waals surface area (Å²) in [5, 5.41) is 6.94. The Bertz CT molecular complexity index is 526. The van der Waals surface area contributed by atoms with Gasteiger partial charge in [-0.2, -0.15) is 0 Å². The first-order valence-corrected chi connectivity index (χ1v) is 6.72. The van der Waals surface area contributed by atoms with Crippen LogP contribution in [0.5, 0.6) is 0 Å². The van der Waals surface area contributed by atoms with Gasteiger partial charge in [0.2, 0.25) is 0 Å². The number of imidazole rings is 1. The summed E-state index contributed by atoms with van der Waals surface area (Å²) in [6, 6.07) is 6.34. The van der Waals surface area contributed by atoms with Gasteiger partial charge < -0.3 is 15.6 Å². The van der Waals surface area contributed by atoms with Gasteiger partial charge in [0.05, 0.1) is 11.0 Å². The molecule has 1 aromatic heterocycles. The third-order valence-electron chi connectivity index (χ3n) is 3.65. The van der Waals surface area contributed by atoms with E-state index >= 15 is 0 Å². The lowest BCUT2D eigenvalue weighted by molar-refractivity contribution is 0.390. The summed E-state index contributed by atoms with van der Waals surface area (Å²) in [5.74, 6) is 1.77. The van der Waals surface area contributed by atoms with E-state index in [1.807, 2.05) is 6.92 Å². The van der Waals surface area contributed by atoms with Gasteiger partial charge in [0, 0.05) is 12.2 Å². The van der Waals surface area contributed by atoms with Crippen molar-refractivity contribution in [2.45, 2.75) is 19.8 Å². The second kappa shape index (κ2) is 4.98. The highest BCUT2D eigenvalue weighted by Gasteiger charge is 2.12. The Morgan fingerprint density at radius 1 is 1.33 bits per heavy atom. The summed E-state index contributed by atoms with van der Waals surface area (Å²) in [6.07, 6.45) is 2.55. The Labute approximate surface area is 107 Å². The SMILES string of the molecule is Cc1nc2ccc(NCC3CCNCC3)cc2[nH]1. The number of piperidine rings is 1. The summed E-state index contributed by atoms with van der Waals surface area (Å²) >= 11 is 0. The number of aromatic nitrogens is 2. The van der Waals surface area contributed by atoms with E-state index < -0.39 is 0 Å². The Morgan fingerprint density at radius 3 is 3.00 bits per heavy atom. The number of nitrogens with zero attached hydrogens (tertiary/aromatic N) is 1. The molecule has 1 aliphatic heterocycles. The molecule has 0 amide bonds. The van der Waals surface area contributed by atoms with Gasteiger partial charge in [0.25, 0.3) is 0 Å². The van der Waals surface area contributed by atoms with Crippen molar-refractivity contribution in [3.8, 4) is 0 Å². The Morgan fingerprint density at radius 2 is 2.17 bits per heavy atom. The molecule has 4 nitrogen and oxygen atoms in total. The molecule has 0 saturated carbocycles. The second-order valence-corrected chi connectivity index (χ2v) is 5.13. The number of hydrogen-bond donors (Lipinski definition) is 3. The van der Waals surface area contributed by atoms with Crippen molar-refractivity contribution >= 4 is 16.7 Å². The molecular weight excluding hydrogens is 224 g/mol. The minimum absolute atomic E-state index is 0.797. The maximum Gasteiger partial charge on any atom is 0.104 e. The number of H-pyrrole nitrogens is 1. The molecule has 1 aromatic carbocycles. The van der Waals surface area contributed by atoms with Gasteiger partial charge in [-0.15, -0.1) is 0 Å². The molecule has 3 N–H and O–H groups in total. The zero-order valence-corrected chi connectivity index (χ0v) is 10.8. The second-order valence-electron chi connectivity index (χ2n) is 5.13. The van der Waals surface area contributed by atoms with Crippen LogP contribution in [-0.4, -0.2) is 29.6 Å². The molecule has 96 valence electrons. The summed E-state index contributed by atoms with van der Waals surface area (Å²) in [7, 11) is 0. The third-order valence-corrected chi connectivity index (χ3v) is 3.65. The minimum atomic E-state index is 0.797. The molecular formula is C14H20N4. The summed E-state index contributed by atoms with van der Waals surface area (Å²) < 4.78 is 0. The summed E-state index contributed by atoms with van der Waals surface area (Å²) in [4.78, 5) is 7.69. The van der Waals surface area contributed by atoms with Gasteiger partial charge in [-0.1, -0.05) is 0 Å². The van der Waals surface area contributed by atoms with Gasteiger partial charge in [-0.05, 0) is 57.0 Å². The van der Waals surface area contributed by atoms with Gasteiger partial charge in [0.15, 0.2) is 0 Å². The van der Waals surface area contributed by atoms with Crippen LogP contribution in [0.1, 0.15) is 18.7 Å². The smallest absolute Gasteiger partial charge is 0.104 e. The van der Waals surface area contributed by atoms with E-state index in [2.05, 4.69) is 38.8 Å². The monoisotopic (exact) mass is 244 g/mol. The van der Waals surface area contributed by atoms with E-state index in [-0.39, 0.29) is 0 Å². The molecule has 1 fully saturated rings. The predicted molar refractivity (Wildman–Crippen MR) is 74.9 cm³/mol. The number of rotatable bonds is 3. The number of anilines is 1. The fraction of sp³-hybridized carbons (Fsp3) is 0.500. The first-order valence-electron chi connectivity index (χ1n) is 6.72. The van der Waals surface area contributed by atoms with Gasteiger partial charge >= 0.3 is 0 Å². The average molecular weight is 244 g/mol. The number of aromatic amines is 1. The lowest BCUT2D eigenvalue weighted by Gasteiger charge is -2.23. The Kier molecular flexibility index (Phi) is 3.19. The van der Waals surface area contributed by atoms with Crippen LogP contribution in [0.3, 0.4) is 0 Å². The number of fused-ring (bicyclic) bond motifs is 1. The van der Waals surface area contributed by atoms with Crippen LogP contribution in [0, 0.1) is 12.8 Å². The van der Waals surface area contributed by atoms with E-state index in [4.69, 9.17) is 0 Å². The normalized spacial score (nSPS) is 17.2. The van der Waals surface area contributed by atoms with Crippen LogP contribution in [-0.2, 0) is 0 Å². The van der Waals surface area contributed by atoms with Crippen LogP contribution in [0.15, 0.2) is 18.2 Å². The molecule has 1 aliphatic rings. The van der Waals surface area contributed by atoms with Crippen molar-refractivity contribution in [2.24, 2.45) is 5.92 Å². The quantitative estimate of drug-likeness (QED) is 0.776. The number of hydrogen-bond acceptors (Lipinski definition) is 3. The highest BCUT2D eigenvalue weighted by Crippen LogP contribution is 2.18. The van der Waals surface area contributed by atoms with Gasteiger partial charge in [-0.25, -0.2) is 4.98 Å².